The molecule has 0 saturated heterocycles. The molecule has 1 N–H and O–H groups in total. The minimum atomic E-state index is 0.0170. The fraction of sp³-hybridized carbons (Fsp3) is 0.385. The summed E-state index contributed by atoms with van der Waals surface area (Å²) in [5.41, 5.74) is 1.81. The number of anilines is 1. The molecule has 0 aliphatic carbocycles. The van der Waals surface area contributed by atoms with Crippen molar-refractivity contribution in [3.05, 3.63) is 41.4 Å². The Hall–Kier alpha value is -0.990. The Morgan fingerprint density at radius 2 is 2.19 bits per heavy atom. The summed E-state index contributed by atoms with van der Waals surface area (Å²) in [5.74, 6) is 0. The summed E-state index contributed by atoms with van der Waals surface area (Å²) in [6.45, 7) is 8.75. The molecule has 2 nitrogen and oxygen atoms in total. The Labute approximate surface area is 102 Å². The van der Waals surface area contributed by atoms with E-state index in [1.54, 1.807) is 6.07 Å². The molecule has 0 spiro atoms. The normalized spacial score (nSPS) is 10.6. The summed E-state index contributed by atoms with van der Waals surface area (Å²) < 4.78 is 0. The largest absolute Gasteiger partial charge is 0.392 e. The van der Waals surface area contributed by atoms with Crippen LogP contribution in [0, 0.1) is 0 Å². The van der Waals surface area contributed by atoms with E-state index in [0.717, 1.165) is 17.8 Å². The molecular weight excluding hydrogens is 222 g/mol. The highest BCUT2D eigenvalue weighted by Gasteiger charge is 2.12. The second-order valence-electron chi connectivity index (χ2n) is 3.98. The van der Waals surface area contributed by atoms with Gasteiger partial charge in [0.2, 0.25) is 0 Å². The predicted molar refractivity (Wildman–Crippen MR) is 70.1 cm³/mol. The van der Waals surface area contributed by atoms with E-state index in [0.29, 0.717) is 11.1 Å². The van der Waals surface area contributed by atoms with Crippen LogP contribution in [0.3, 0.4) is 0 Å². The predicted octanol–water partition coefficient (Wildman–Crippen LogP) is 3.23. The van der Waals surface area contributed by atoms with Crippen molar-refractivity contribution in [3.63, 3.8) is 0 Å². The minimum Gasteiger partial charge on any atom is -0.392 e. The van der Waals surface area contributed by atoms with Gasteiger partial charge in [0.25, 0.3) is 0 Å². The quantitative estimate of drug-likeness (QED) is 0.798. The van der Waals surface area contributed by atoms with Crippen molar-refractivity contribution in [2.24, 2.45) is 0 Å². The molecule has 0 aliphatic rings. The average molecular weight is 240 g/mol. The highest BCUT2D eigenvalue weighted by molar-refractivity contribution is 6.33. The van der Waals surface area contributed by atoms with Crippen LogP contribution in [-0.4, -0.2) is 17.7 Å². The van der Waals surface area contributed by atoms with Crippen LogP contribution in [0.2, 0.25) is 5.02 Å². The van der Waals surface area contributed by atoms with E-state index in [9.17, 15) is 0 Å². The molecule has 0 radical (unpaired) electrons. The maximum Gasteiger partial charge on any atom is 0.0682 e. The summed E-state index contributed by atoms with van der Waals surface area (Å²) >= 11 is 6.20. The molecule has 88 valence electrons. The zero-order valence-electron chi connectivity index (χ0n) is 9.78. The van der Waals surface area contributed by atoms with Gasteiger partial charge in [0, 0.05) is 12.6 Å². The number of hydrogen-bond acceptors (Lipinski definition) is 2. The van der Waals surface area contributed by atoms with Crippen LogP contribution >= 0.6 is 11.6 Å². The number of aliphatic hydroxyl groups excluding tert-OH is 1. The molecule has 0 atom stereocenters. The van der Waals surface area contributed by atoms with E-state index in [1.807, 2.05) is 18.2 Å². The first-order valence-electron chi connectivity index (χ1n) is 5.37. The van der Waals surface area contributed by atoms with Gasteiger partial charge in [-0.25, -0.2) is 0 Å². The molecule has 1 aromatic rings. The number of nitrogens with zero attached hydrogens (tertiary/aromatic N) is 1. The molecule has 0 heterocycles. The second-order valence-corrected chi connectivity index (χ2v) is 4.39. The first-order chi connectivity index (χ1) is 7.60. The van der Waals surface area contributed by atoms with Crippen LogP contribution in [0.1, 0.15) is 19.4 Å². The molecule has 1 aromatic carbocycles. The number of aliphatic hydroxyl groups is 1. The molecule has 3 heteroatoms. The molecular formula is C13H18ClNO. The molecule has 0 bridgehead atoms. The van der Waals surface area contributed by atoms with E-state index < -0.39 is 0 Å². The van der Waals surface area contributed by atoms with Gasteiger partial charge < -0.3 is 10.0 Å². The Morgan fingerprint density at radius 1 is 1.50 bits per heavy atom. The molecule has 0 aliphatic heterocycles. The van der Waals surface area contributed by atoms with E-state index in [-0.39, 0.29) is 6.61 Å². The lowest BCUT2D eigenvalue weighted by Gasteiger charge is -2.28. The van der Waals surface area contributed by atoms with E-state index >= 15 is 0 Å². The first kappa shape index (κ1) is 13.1. The smallest absolute Gasteiger partial charge is 0.0682 e. The van der Waals surface area contributed by atoms with Crippen LogP contribution in [0.4, 0.5) is 5.69 Å². The fourth-order valence-electron chi connectivity index (χ4n) is 1.61. The summed E-state index contributed by atoms with van der Waals surface area (Å²) in [6, 6.07) is 5.99. The Balaban J connectivity index is 3.04. The van der Waals surface area contributed by atoms with Crippen molar-refractivity contribution in [2.75, 3.05) is 11.4 Å². The lowest BCUT2D eigenvalue weighted by atomic mass is 10.1. The molecule has 1 rings (SSSR count). The topological polar surface area (TPSA) is 23.5 Å². The third kappa shape index (κ3) is 3.00. The van der Waals surface area contributed by atoms with Gasteiger partial charge in [0.15, 0.2) is 0 Å². The maximum atomic E-state index is 9.02. The maximum absolute atomic E-state index is 9.02. The van der Waals surface area contributed by atoms with Crippen molar-refractivity contribution in [2.45, 2.75) is 26.5 Å². The Bertz CT molecular complexity index is 363. The zero-order valence-corrected chi connectivity index (χ0v) is 10.5. The highest BCUT2D eigenvalue weighted by atomic mass is 35.5. The molecule has 0 unspecified atom stereocenters. The fourth-order valence-corrected chi connectivity index (χ4v) is 1.92. The Morgan fingerprint density at radius 3 is 2.62 bits per heavy atom. The number of hydrogen-bond donors (Lipinski definition) is 1. The van der Waals surface area contributed by atoms with Gasteiger partial charge in [0.05, 0.1) is 17.3 Å². The number of benzene rings is 1. The lowest BCUT2D eigenvalue weighted by Crippen LogP contribution is -2.30. The van der Waals surface area contributed by atoms with Crippen molar-refractivity contribution in [1.29, 1.82) is 0 Å². The number of halogens is 1. The SMILES string of the molecule is C=CCN(c1ccc(CO)cc1Cl)C(C)C. The second kappa shape index (κ2) is 5.92. The average Bonchev–Trinajstić information content (AvgIpc) is 2.26. The van der Waals surface area contributed by atoms with Crippen molar-refractivity contribution in [1.82, 2.24) is 0 Å². The van der Waals surface area contributed by atoms with Crippen molar-refractivity contribution in [3.8, 4) is 0 Å². The van der Waals surface area contributed by atoms with E-state index in [2.05, 4.69) is 25.3 Å². The molecule has 0 amide bonds. The first-order valence-corrected chi connectivity index (χ1v) is 5.74. The van der Waals surface area contributed by atoms with Crippen LogP contribution in [-0.2, 0) is 6.61 Å². The standard InChI is InChI=1S/C13H18ClNO/c1-4-7-15(10(2)3)13-6-5-11(9-16)8-12(13)14/h4-6,8,10,16H,1,7,9H2,2-3H3. The molecule has 0 saturated carbocycles. The van der Waals surface area contributed by atoms with Crippen LogP contribution < -0.4 is 4.90 Å². The summed E-state index contributed by atoms with van der Waals surface area (Å²) in [4.78, 5) is 2.16. The van der Waals surface area contributed by atoms with Crippen molar-refractivity contribution >= 4 is 17.3 Å². The van der Waals surface area contributed by atoms with Gasteiger partial charge in [-0.3, -0.25) is 0 Å². The summed E-state index contributed by atoms with van der Waals surface area (Å²) in [5, 5.41) is 9.68. The van der Waals surface area contributed by atoms with Gasteiger partial charge in [-0.1, -0.05) is 23.7 Å². The monoisotopic (exact) mass is 239 g/mol. The third-order valence-electron chi connectivity index (χ3n) is 2.45. The van der Waals surface area contributed by atoms with Gasteiger partial charge in [-0.05, 0) is 31.5 Å². The molecule has 16 heavy (non-hydrogen) atoms. The Kier molecular flexibility index (Phi) is 4.84. The highest BCUT2D eigenvalue weighted by Crippen LogP contribution is 2.28. The molecule has 0 fully saturated rings. The third-order valence-corrected chi connectivity index (χ3v) is 2.76. The minimum absolute atomic E-state index is 0.0170. The summed E-state index contributed by atoms with van der Waals surface area (Å²) in [7, 11) is 0. The van der Waals surface area contributed by atoms with Crippen LogP contribution in [0.5, 0.6) is 0 Å². The zero-order chi connectivity index (χ0) is 12.1. The van der Waals surface area contributed by atoms with Gasteiger partial charge in [-0.2, -0.15) is 0 Å². The van der Waals surface area contributed by atoms with Crippen molar-refractivity contribution < 1.29 is 5.11 Å². The van der Waals surface area contributed by atoms with Gasteiger partial charge >= 0.3 is 0 Å². The lowest BCUT2D eigenvalue weighted by molar-refractivity contribution is 0.282. The van der Waals surface area contributed by atoms with Crippen LogP contribution in [0.25, 0.3) is 0 Å². The summed E-state index contributed by atoms with van der Waals surface area (Å²) in [6.07, 6.45) is 1.86. The van der Waals surface area contributed by atoms with Gasteiger partial charge in [0.1, 0.15) is 0 Å². The van der Waals surface area contributed by atoms with E-state index in [4.69, 9.17) is 16.7 Å². The van der Waals surface area contributed by atoms with E-state index in [1.165, 1.54) is 0 Å². The van der Waals surface area contributed by atoms with Crippen LogP contribution in [0.15, 0.2) is 30.9 Å². The molecule has 0 aromatic heterocycles. The van der Waals surface area contributed by atoms with Gasteiger partial charge in [-0.15, -0.1) is 6.58 Å². The number of rotatable bonds is 5.